The Kier molecular flexibility index (Phi) is 5.83. The van der Waals surface area contributed by atoms with Gasteiger partial charge in [0.15, 0.2) is 5.76 Å². The summed E-state index contributed by atoms with van der Waals surface area (Å²) in [6.07, 6.45) is 0. The largest absolute Gasteiger partial charge is 0.497 e. The molecule has 0 aliphatic carbocycles. The van der Waals surface area contributed by atoms with Gasteiger partial charge in [0, 0.05) is 22.3 Å². The average molecular weight is 486 g/mol. The standard InChI is InChI=1S/C31H23N3O3/c1-35-24-13-8-20(9-14-24)29-19-26(30(33-32-29)21-10-15-25(36-2)16-11-21)23-12-17-28-27(18-23)31(37-34-28)22-6-4-3-5-7-22/h3-19H,1-2H3. The Hall–Kier alpha value is -4.97. The summed E-state index contributed by atoms with van der Waals surface area (Å²) in [5.74, 6) is 2.31. The van der Waals surface area contributed by atoms with Crippen LogP contribution in [0.5, 0.6) is 11.5 Å². The van der Waals surface area contributed by atoms with Crippen molar-refractivity contribution in [3.05, 3.63) is 103 Å². The Morgan fingerprint density at radius 1 is 0.595 bits per heavy atom. The van der Waals surface area contributed by atoms with E-state index in [1.54, 1.807) is 14.2 Å². The first-order chi connectivity index (χ1) is 18.2. The normalized spacial score (nSPS) is 11.0. The van der Waals surface area contributed by atoms with Crippen molar-refractivity contribution >= 4 is 10.9 Å². The summed E-state index contributed by atoms with van der Waals surface area (Å²) in [6, 6.07) is 33.8. The lowest BCUT2D eigenvalue weighted by atomic mass is 9.96. The van der Waals surface area contributed by atoms with Crippen molar-refractivity contribution < 1.29 is 14.0 Å². The fourth-order valence-corrected chi connectivity index (χ4v) is 4.38. The lowest BCUT2D eigenvalue weighted by Crippen LogP contribution is -1.96. The molecule has 0 aliphatic heterocycles. The molecule has 0 N–H and O–H groups in total. The third-order valence-electron chi connectivity index (χ3n) is 6.37. The fourth-order valence-electron chi connectivity index (χ4n) is 4.38. The van der Waals surface area contributed by atoms with Crippen molar-refractivity contribution in [1.29, 1.82) is 0 Å². The van der Waals surface area contributed by atoms with E-state index in [0.29, 0.717) is 0 Å². The molecule has 2 heterocycles. The van der Waals surface area contributed by atoms with Gasteiger partial charge >= 0.3 is 0 Å². The molecule has 0 aliphatic rings. The minimum Gasteiger partial charge on any atom is -0.497 e. The molecule has 0 fully saturated rings. The van der Waals surface area contributed by atoms with Crippen LogP contribution in [0.4, 0.5) is 0 Å². The Labute approximate surface area is 214 Å². The van der Waals surface area contributed by atoms with E-state index in [4.69, 9.17) is 14.0 Å². The fraction of sp³-hybridized carbons (Fsp3) is 0.0645. The molecule has 0 saturated carbocycles. The molecule has 6 rings (SSSR count). The molecule has 6 nitrogen and oxygen atoms in total. The molecule has 2 aromatic heterocycles. The van der Waals surface area contributed by atoms with Crippen LogP contribution in [0.2, 0.25) is 0 Å². The van der Waals surface area contributed by atoms with E-state index in [1.165, 1.54) is 0 Å². The van der Waals surface area contributed by atoms with Crippen LogP contribution in [0, 0.1) is 0 Å². The Morgan fingerprint density at radius 2 is 1.24 bits per heavy atom. The summed E-state index contributed by atoms with van der Waals surface area (Å²) >= 11 is 0. The van der Waals surface area contributed by atoms with Crippen LogP contribution in [-0.2, 0) is 0 Å². The number of methoxy groups -OCH3 is 2. The lowest BCUT2D eigenvalue weighted by Gasteiger charge is -2.12. The molecule has 0 atom stereocenters. The number of aromatic nitrogens is 3. The lowest BCUT2D eigenvalue weighted by molar-refractivity contribution is 0.414. The van der Waals surface area contributed by atoms with E-state index in [1.807, 2.05) is 91.0 Å². The maximum atomic E-state index is 5.74. The highest BCUT2D eigenvalue weighted by Gasteiger charge is 2.17. The van der Waals surface area contributed by atoms with Gasteiger partial charge in [-0.15, -0.1) is 10.2 Å². The number of nitrogens with zero attached hydrogens (tertiary/aromatic N) is 3. The van der Waals surface area contributed by atoms with Gasteiger partial charge in [-0.1, -0.05) is 41.6 Å². The zero-order valence-electron chi connectivity index (χ0n) is 20.4. The van der Waals surface area contributed by atoms with Crippen molar-refractivity contribution in [2.24, 2.45) is 0 Å². The van der Waals surface area contributed by atoms with Gasteiger partial charge in [0.25, 0.3) is 0 Å². The van der Waals surface area contributed by atoms with Gasteiger partial charge in [-0.2, -0.15) is 0 Å². The van der Waals surface area contributed by atoms with Crippen LogP contribution in [-0.4, -0.2) is 29.6 Å². The van der Waals surface area contributed by atoms with Gasteiger partial charge in [0.1, 0.15) is 22.7 Å². The highest BCUT2D eigenvalue weighted by Crippen LogP contribution is 2.37. The van der Waals surface area contributed by atoms with Gasteiger partial charge in [-0.05, 0) is 72.3 Å². The van der Waals surface area contributed by atoms with Crippen LogP contribution in [0.3, 0.4) is 0 Å². The average Bonchev–Trinajstić information content (AvgIpc) is 3.41. The summed E-state index contributed by atoms with van der Waals surface area (Å²) in [6.45, 7) is 0. The second-order valence-corrected chi connectivity index (χ2v) is 8.56. The third kappa shape index (κ3) is 4.29. The quantitative estimate of drug-likeness (QED) is 0.246. The molecule has 0 radical (unpaired) electrons. The summed E-state index contributed by atoms with van der Waals surface area (Å²) in [5.41, 5.74) is 7.15. The zero-order valence-corrected chi connectivity index (χ0v) is 20.4. The first-order valence-corrected chi connectivity index (χ1v) is 11.9. The number of ether oxygens (including phenoxy) is 2. The summed E-state index contributed by atoms with van der Waals surface area (Å²) < 4.78 is 16.4. The Morgan fingerprint density at radius 3 is 1.92 bits per heavy atom. The molecular formula is C31H23N3O3. The monoisotopic (exact) mass is 485 g/mol. The smallest absolute Gasteiger partial charge is 0.174 e. The van der Waals surface area contributed by atoms with Gasteiger partial charge in [0.05, 0.1) is 25.3 Å². The first kappa shape index (κ1) is 22.5. The maximum Gasteiger partial charge on any atom is 0.174 e. The second-order valence-electron chi connectivity index (χ2n) is 8.56. The Bertz CT molecular complexity index is 1680. The van der Waals surface area contributed by atoms with Crippen LogP contribution >= 0.6 is 0 Å². The molecule has 0 amide bonds. The number of hydrogen-bond acceptors (Lipinski definition) is 6. The predicted molar refractivity (Wildman–Crippen MR) is 144 cm³/mol. The number of rotatable bonds is 6. The first-order valence-electron chi connectivity index (χ1n) is 11.9. The van der Waals surface area contributed by atoms with Gasteiger partial charge in [0.2, 0.25) is 0 Å². The molecular weight excluding hydrogens is 462 g/mol. The van der Waals surface area contributed by atoms with Crippen molar-refractivity contribution in [2.75, 3.05) is 14.2 Å². The van der Waals surface area contributed by atoms with Crippen LogP contribution in [0.15, 0.2) is 108 Å². The van der Waals surface area contributed by atoms with E-state index in [0.717, 1.165) is 67.4 Å². The maximum absolute atomic E-state index is 5.74. The molecule has 6 heteroatoms. The van der Waals surface area contributed by atoms with Gasteiger partial charge in [-0.3, -0.25) is 0 Å². The van der Waals surface area contributed by atoms with E-state index < -0.39 is 0 Å². The van der Waals surface area contributed by atoms with Gasteiger partial charge < -0.3 is 14.0 Å². The van der Waals surface area contributed by atoms with E-state index in [9.17, 15) is 0 Å². The molecule has 4 aromatic carbocycles. The summed E-state index contributed by atoms with van der Waals surface area (Å²) in [5, 5.41) is 14.5. The zero-order chi connectivity index (χ0) is 25.2. The molecule has 0 bridgehead atoms. The van der Waals surface area contributed by atoms with Crippen molar-refractivity contribution in [3.63, 3.8) is 0 Å². The number of fused-ring (bicyclic) bond motifs is 1. The molecule has 37 heavy (non-hydrogen) atoms. The van der Waals surface area contributed by atoms with E-state index in [-0.39, 0.29) is 0 Å². The molecule has 0 unspecified atom stereocenters. The number of hydrogen-bond donors (Lipinski definition) is 0. The Balaban J connectivity index is 1.53. The second kappa shape index (κ2) is 9.59. The van der Waals surface area contributed by atoms with Crippen LogP contribution in [0.1, 0.15) is 0 Å². The van der Waals surface area contributed by atoms with Crippen molar-refractivity contribution in [3.8, 4) is 56.5 Å². The van der Waals surface area contributed by atoms with Crippen LogP contribution < -0.4 is 9.47 Å². The number of benzene rings is 4. The molecule has 6 aromatic rings. The molecule has 180 valence electrons. The highest BCUT2D eigenvalue weighted by atomic mass is 16.5. The third-order valence-corrected chi connectivity index (χ3v) is 6.37. The van der Waals surface area contributed by atoms with Crippen molar-refractivity contribution in [2.45, 2.75) is 0 Å². The molecule has 0 spiro atoms. The van der Waals surface area contributed by atoms with E-state index >= 15 is 0 Å². The SMILES string of the molecule is COc1ccc(-c2cc(-c3ccc4noc(-c5ccccc5)c4c3)c(-c3ccc(OC)cc3)nn2)cc1. The minimum absolute atomic E-state index is 0.737. The van der Waals surface area contributed by atoms with E-state index in [2.05, 4.69) is 27.5 Å². The van der Waals surface area contributed by atoms with Gasteiger partial charge in [-0.25, -0.2) is 0 Å². The highest BCUT2D eigenvalue weighted by molar-refractivity contribution is 5.96. The molecule has 0 saturated heterocycles. The predicted octanol–water partition coefficient (Wildman–Crippen LogP) is 7.30. The van der Waals surface area contributed by atoms with Crippen LogP contribution in [0.25, 0.3) is 55.9 Å². The van der Waals surface area contributed by atoms with Crippen molar-refractivity contribution in [1.82, 2.24) is 15.4 Å². The summed E-state index contributed by atoms with van der Waals surface area (Å²) in [7, 11) is 3.31. The summed E-state index contributed by atoms with van der Waals surface area (Å²) in [4.78, 5) is 0. The minimum atomic E-state index is 0.737. The topological polar surface area (TPSA) is 70.3 Å².